The number of aliphatic carboxylic acids is 1. The highest BCUT2D eigenvalue weighted by Gasteiger charge is 2.51. The number of nitrogens with one attached hydrogen (secondary N) is 1. The van der Waals surface area contributed by atoms with Gasteiger partial charge in [-0.25, -0.2) is 9.78 Å². The van der Waals surface area contributed by atoms with E-state index >= 15 is 0 Å². The van der Waals surface area contributed by atoms with Crippen molar-refractivity contribution in [3.8, 4) is 22.4 Å². The largest absolute Gasteiger partial charge is 0.481 e. The summed E-state index contributed by atoms with van der Waals surface area (Å²) in [5.41, 5.74) is 3.81. The topological polar surface area (TPSA) is 114 Å². The van der Waals surface area contributed by atoms with E-state index in [0.717, 1.165) is 16.7 Å². The maximum atomic E-state index is 12.6. The number of benzene rings is 3. The van der Waals surface area contributed by atoms with Crippen molar-refractivity contribution in [3.05, 3.63) is 95.3 Å². The predicted octanol–water partition coefficient (Wildman–Crippen LogP) is 6.28. The molecule has 8 nitrogen and oxygen atoms in total. The molecule has 1 amide bonds. The minimum atomic E-state index is -0.770. The van der Waals surface area contributed by atoms with E-state index in [2.05, 4.69) is 20.5 Å². The zero-order chi connectivity index (χ0) is 26.0. The number of carbonyl (C=O) groups excluding carboxylic acids is 1. The van der Waals surface area contributed by atoms with E-state index in [1.54, 1.807) is 25.1 Å². The van der Waals surface area contributed by atoms with Crippen molar-refractivity contribution >= 4 is 29.5 Å². The highest BCUT2D eigenvalue weighted by molar-refractivity contribution is 6.31. The van der Waals surface area contributed by atoms with Crippen LogP contribution in [0.3, 0.4) is 0 Å². The third-order valence-electron chi connectivity index (χ3n) is 6.56. The first-order chi connectivity index (χ1) is 17.9. The van der Waals surface area contributed by atoms with Crippen LogP contribution in [0.25, 0.3) is 22.4 Å². The minimum Gasteiger partial charge on any atom is -0.481 e. The summed E-state index contributed by atoms with van der Waals surface area (Å²) in [6.45, 7) is 1.73. The number of carboxylic acids is 1. The molecule has 3 aromatic carbocycles. The Labute approximate surface area is 218 Å². The van der Waals surface area contributed by atoms with Gasteiger partial charge < -0.3 is 9.84 Å². The summed E-state index contributed by atoms with van der Waals surface area (Å²) in [7, 11) is 0. The summed E-state index contributed by atoms with van der Waals surface area (Å²) in [6.07, 6.45) is 1.33. The van der Waals surface area contributed by atoms with Crippen molar-refractivity contribution in [3.63, 3.8) is 0 Å². The van der Waals surface area contributed by atoms with E-state index in [4.69, 9.17) is 16.3 Å². The van der Waals surface area contributed by atoms with Crippen LogP contribution >= 0.6 is 11.6 Å². The van der Waals surface area contributed by atoms with Crippen LogP contribution in [0.4, 0.5) is 10.6 Å². The lowest BCUT2D eigenvalue weighted by Crippen LogP contribution is -2.19. The molecule has 37 heavy (non-hydrogen) atoms. The van der Waals surface area contributed by atoms with E-state index < -0.39 is 23.6 Å². The zero-order valence-electron chi connectivity index (χ0n) is 19.9. The lowest BCUT2D eigenvalue weighted by atomic mass is 9.93. The van der Waals surface area contributed by atoms with Crippen LogP contribution in [0, 0.1) is 0 Å². The molecule has 1 aromatic heterocycles. The van der Waals surface area contributed by atoms with Gasteiger partial charge in [-0.3, -0.25) is 10.1 Å². The first kappa shape index (κ1) is 24.4. The van der Waals surface area contributed by atoms with Gasteiger partial charge in [-0.2, -0.15) is 0 Å². The molecule has 1 fully saturated rings. The van der Waals surface area contributed by atoms with Crippen molar-refractivity contribution in [1.82, 2.24) is 15.2 Å². The van der Waals surface area contributed by atoms with Crippen LogP contribution in [0.2, 0.25) is 5.02 Å². The Bertz CT molecular complexity index is 1450. The van der Waals surface area contributed by atoms with Gasteiger partial charge in [0.25, 0.3) is 0 Å². The van der Waals surface area contributed by atoms with Crippen molar-refractivity contribution in [2.24, 2.45) is 0 Å². The standard InChI is InChI=1S/C28H23ClN4O4/c1-17(22-4-2-3-5-23(22)29)37-27(36)32-25-24(33-31-16-30-25)20-8-6-18(7-9-20)19-10-12-21(13-11-19)28(14-15-28)26(34)35/h2-13,16-17H,14-15H2,1H3,(H,34,35)(H,30,31,32,36). The molecule has 1 heterocycles. The molecule has 186 valence electrons. The number of carboxylic acid groups (broad SMARTS) is 1. The highest BCUT2D eigenvalue weighted by atomic mass is 35.5. The fourth-order valence-electron chi connectivity index (χ4n) is 4.27. The molecule has 4 aromatic rings. The number of hydrogen-bond donors (Lipinski definition) is 2. The molecular formula is C28H23ClN4O4. The molecule has 0 saturated heterocycles. The maximum Gasteiger partial charge on any atom is 0.413 e. The van der Waals surface area contributed by atoms with Crippen molar-refractivity contribution in [2.45, 2.75) is 31.3 Å². The molecule has 1 saturated carbocycles. The first-order valence-corrected chi connectivity index (χ1v) is 12.1. The SMILES string of the molecule is CC(OC(=O)Nc1ncnnc1-c1ccc(-c2ccc(C3(C(=O)O)CC3)cc2)cc1)c1ccccc1Cl. The van der Waals surface area contributed by atoms with Crippen molar-refractivity contribution < 1.29 is 19.4 Å². The molecular weight excluding hydrogens is 492 g/mol. The van der Waals surface area contributed by atoms with Gasteiger partial charge in [-0.1, -0.05) is 78.3 Å². The molecule has 0 radical (unpaired) electrons. The maximum absolute atomic E-state index is 12.6. The second-order valence-corrected chi connectivity index (χ2v) is 9.30. The Balaban J connectivity index is 1.30. The van der Waals surface area contributed by atoms with Gasteiger partial charge in [0, 0.05) is 16.1 Å². The van der Waals surface area contributed by atoms with Gasteiger partial charge in [0.15, 0.2) is 5.82 Å². The first-order valence-electron chi connectivity index (χ1n) is 11.7. The minimum absolute atomic E-state index is 0.215. The van der Waals surface area contributed by atoms with Gasteiger partial charge >= 0.3 is 12.1 Å². The number of hydrogen-bond acceptors (Lipinski definition) is 6. The summed E-state index contributed by atoms with van der Waals surface area (Å²) >= 11 is 6.20. The van der Waals surface area contributed by atoms with Crippen molar-refractivity contribution in [1.29, 1.82) is 0 Å². The van der Waals surface area contributed by atoms with Crippen LogP contribution in [0.5, 0.6) is 0 Å². The lowest BCUT2D eigenvalue weighted by molar-refractivity contribution is -0.140. The number of carbonyl (C=O) groups is 2. The number of aromatic nitrogens is 3. The Hall–Kier alpha value is -4.30. The van der Waals surface area contributed by atoms with Crippen LogP contribution in [0.1, 0.15) is 37.0 Å². The molecule has 9 heteroatoms. The normalized spacial score (nSPS) is 14.4. The van der Waals surface area contributed by atoms with E-state index in [-0.39, 0.29) is 5.82 Å². The summed E-state index contributed by atoms with van der Waals surface area (Å²) in [5, 5.41) is 20.7. The lowest BCUT2D eigenvalue weighted by Gasteiger charge is -2.16. The molecule has 1 atom stereocenters. The molecule has 1 aliphatic carbocycles. The second kappa shape index (κ2) is 9.99. The summed E-state index contributed by atoms with van der Waals surface area (Å²) < 4.78 is 5.48. The fourth-order valence-corrected chi connectivity index (χ4v) is 4.56. The smallest absolute Gasteiger partial charge is 0.413 e. The van der Waals surface area contributed by atoms with Crippen LogP contribution in [-0.4, -0.2) is 32.4 Å². The Morgan fingerprint density at radius 3 is 2.22 bits per heavy atom. The Kier molecular flexibility index (Phi) is 6.58. The quantitative estimate of drug-likeness (QED) is 0.298. The third kappa shape index (κ3) is 5.01. The molecule has 1 aliphatic rings. The second-order valence-electron chi connectivity index (χ2n) is 8.89. The van der Waals surface area contributed by atoms with E-state index in [1.807, 2.05) is 54.6 Å². The number of amides is 1. The Morgan fingerprint density at radius 2 is 1.59 bits per heavy atom. The average Bonchev–Trinajstić information content (AvgIpc) is 3.72. The van der Waals surface area contributed by atoms with Crippen LogP contribution < -0.4 is 5.32 Å². The van der Waals surface area contributed by atoms with Crippen molar-refractivity contribution in [2.75, 3.05) is 5.32 Å². The molecule has 0 aliphatic heterocycles. The molecule has 5 rings (SSSR count). The summed E-state index contributed by atoms with van der Waals surface area (Å²) in [5.74, 6) is -0.555. The summed E-state index contributed by atoms with van der Waals surface area (Å²) in [6, 6.07) is 22.3. The number of rotatable bonds is 7. The van der Waals surface area contributed by atoms with E-state index in [0.29, 0.717) is 34.7 Å². The fraction of sp³-hybridized carbons (Fsp3) is 0.179. The van der Waals surface area contributed by atoms with E-state index in [1.165, 1.54) is 6.33 Å². The summed E-state index contributed by atoms with van der Waals surface area (Å²) in [4.78, 5) is 28.3. The van der Waals surface area contributed by atoms with Gasteiger partial charge in [-0.05, 0) is 42.5 Å². The van der Waals surface area contributed by atoms with Gasteiger partial charge in [0.05, 0.1) is 5.41 Å². The van der Waals surface area contributed by atoms with Gasteiger partial charge in [-0.15, -0.1) is 10.2 Å². The van der Waals surface area contributed by atoms with E-state index in [9.17, 15) is 14.7 Å². The highest BCUT2D eigenvalue weighted by Crippen LogP contribution is 2.48. The third-order valence-corrected chi connectivity index (χ3v) is 6.90. The molecule has 1 unspecified atom stereocenters. The molecule has 0 bridgehead atoms. The number of anilines is 1. The van der Waals surface area contributed by atoms with Gasteiger partial charge in [0.1, 0.15) is 18.1 Å². The van der Waals surface area contributed by atoms with Crippen LogP contribution in [0.15, 0.2) is 79.1 Å². The van der Waals surface area contributed by atoms with Crippen LogP contribution in [-0.2, 0) is 14.9 Å². The van der Waals surface area contributed by atoms with Gasteiger partial charge in [0.2, 0.25) is 0 Å². The predicted molar refractivity (Wildman–Crippen MR) is 139 cm³/mol. The Morgan fingerprint density at radius 1 is 0.973 bits per heavy atom. The number of ether oxygens (including phenoxy) is 1. The average molecular weight is 515 g/mol. The zero-order valence-corrected chi connectivity index (χ0v) is 20.6. The monoisotopic (exact) mass is 514 g/mol. The number of halogens is 1. The number of nitrogens with zero attached hydrogens (tertiary/aromatic N) is 3. The molecule has 0 spiro atoms. The molecule has 2 N–H and O–H groups in total.